The Morgan fingerprint density at radius 3 is 2.94 bits per heavy atom. The maximum absolute atomic E-state index is 6.07. The Bertz CT molecular complexity index is 314. The number of hydrogen-bond acceptors (Lipinski definition) is 3. The second kappa shape index (κ2) is 5.87. The van der Waals surface area contributed by atoms with Crippen LogP contribution in [0.2, 0.25) is 5.02 Å². The van der Waals surface area contributed by atoms with Crippen molar-refractivity contribution in [3.8, 4) is 0 Å². The van der Waals surface area contributed by atoms with Crippen molar-refractivity contribution in [3.05, 3.63) is 16.9 Å². The maximum Gasteiger partial charge on any atom is 0.0831 e. The molecule has 0 spiro atoms. The first kappa shape index (κ1) is 13.8. The van der Waals surface area contributed by atoms with Crippen LogP contribution in [-0.2, 0) is 13.6 Å². The largest absolute Gasteiger partial charge is 0.315 e. The predicted molar refractivity (Wildman–Crippen MR) is 68.2 cm³/mol. The van der Waals surface area contributed by atoms with E-state index in [0.29, 0.717) is 6.04 Å². The highest BCUT2D eigenvalue weighted by molar-refractivity contribution is 6.31. The van der Waals surface area contributed by atoms with E-state index in [4.69, 9.17) is 11.6 Å². The Balaban J connectivity index is 0.00000128. The second-order valence-electron chi connectivity index (χ2n) is 4.12. The standard InChI is InChI=1S/C10H17ClN4.ClH/c1-14(8-3-4-12-5-8)7-10-9(11)6-13-15(10)2;/h6,8,12H,3-5,7H2,1-2H3;1H. The van der Waals surface area contributed by atoms with E-state index < -0.39 is 0 Å². The molecule has 4 nitrogen and oxygen atoms in total. The van der Waals surface area contributed by atoms with Crippen LogP contribution < -0.4 is 5.32 Å². The molecule has 1 aliphatic rings. The number of rotatable bonds is 3. The molecule has 16 heavy (non-hydrogen) atoms. The number of aryl methyl sites for hydroxylation is 1. The molecule has 1 N–H and O–H groups in total. The highest BCUT2D eigenvalue weighted by atomic mass is 35.5. The van der Waals surface area contributed by atoms with Crippen molar-refractivity contribution < 1.29 is 0 Å². The Hall–Kier alpha value is -0.290. The number of aromatic nitrogens is 2. The van der Waals surface area contributed by atoms with Crippen molar-refractivity contribution >= 4 is 24.0 Å². The van der Waals surface area contributed by atoms with Crippen LogP contribution in [0.5, 0.6) is 0 Å². The topological polar surface area (TPSA) is 33.1 Å². The van der Waals surface area contributed by atoms with Gasteiger partial charge in [0.1, 0.15) is 0 Å². The minimum absolute atomic E-state index is 0. The van der Waals surface area contributed by atoms with Gasteiger partial charge in [0.15, 0.2) is 0 Å². The summed E-state index contributed by atoms with van der Waals surface area (Å²) in [6.07, 6.45) is 2.92. The van der Waals surface area contributed by atoms with E-state index in [-0.39, 0.29) is 12.4 Å². The number of likely N-dealkylation sites (N-methyl/N-ethyl adjacent to an activating group) is 1. The summed E-state index contributed by atoms with van der Waals surface area (Å²) in [6.45, 7) is 3.06. The first-order chi connectivity index (χ1) is 7.18. The smallest absolute Gasteiger partial charge is 0.0831 e. The molecular weight excluding hydrogens is 247 g/mol. The van der Waals surface area contributed by atoms with Crippen LogP contribution in [0.1, 0.15) is 12.1 Å². The quantitative estimate of drug-likeness (QED) is 0.894. The molecule has 0 radical (unpaired) electrons. The van der Waals surface area contributed by atoms with Gasteiger partial charge in [0.25, 0.3) is 0 Å². The van der Waals surface area contributed by atoms with Crippen LogP contribution in [0, 0.1) is 0 Å². The molecule has 1 fully saturated rings. The van der Waals surface area contributed by atoms with Crippen LogP contribution >= 0.6 is 24.0 Å². The zero-order valence-corrected chi connectivity index (χ0v) is 11.2. The Labute approximate surface area is 107 Å². The van der Waals surface area contributed by atoms with Crippen LogP contribution in [0.4, 0.5) is 0 Å². The van der Waals surface area contributed by atoms with Crippen molar-refractivity contribution in [2.24, 2.45) is 7.05 Å². The molecule has 0 amide bonds. The summed E-state index contributed by atoms with van der Waals surface area (Å²) in [5, 5.41) is 8.26. The van der Waals surface area contributed by atoms with E-state index in [1.54, 1.807) is 6.20 Å². The van der Waals surface area contributed by atoms with Crippen LogP contribution in [0.15, 0.2) is 6.20 Å². The molecular formula is C10H18Cl2N4. The van der Waals surface area contributed by atoms with E-state index in [0.717, 1.165) is 30.4 Å². The van der Waals surface area contributed by atoms with Crippen molar-refractivity contribution in [1.82, 2.24) is 20.0 Å². The van der Waals surface area contributed by atoms with E-state index >= 15 is 0 Å². The summed E-state index contributed by atoms with van der Waals surface area (Å²) in [4.78, 5) is 2.34. The lowest BCUT2D eigenvalue weighted by atomic mass is 10.2. The first-order valence-electron chi connectivity index (χ1n) is 5.26. The lowest BCUT2D eigenvalue weighted by Gasteiger charge is -2.23. The first-order valence-corrected chi connectivity index (χ1v) is 5.63. The van der Waals surface area contributed by atoms with Crippen LogP contribution in [0.25, 0.3) is 0 Å². The minimum atomic E-state index is 0. The van der Waals surface area contributed by atoms with Gasteiger partial charge in [0.05, 0.1) is 16.9 Å². The fourth-order valence-electron chi connectivity index (χ4n) is 1.99. The van der Waals surface area contributed by atoms with Gasteiger partial charge in [-0.3, -0.25) is 9.58 Å². The molecule has 1 saturated heterocycles. The van der Waals surface area contributed by atoms with Crippen molar-refractivity contribution in [2.45, 2.75) is 19.0 Å². The van der Waals surface area contributed by atoms with E-state index in [1.165, 1.54) is 6.42 Å². The molecule has 6 heteroatoms. The highest BCUT2D eigenvalue weighted by Gasteiger charge is 2.20. The molecule has 1 atom stereocenters. The lowest BCUT2D eigenvalue weighted by molar-refractivity contribution is 0.243. The van der Waals surface area contributed by atoms with Gasteiger partial charge in [-0.15, -0.1) is 12.4 Å². The van der Waals surface area contributed by atoms with E-state index in [2.05, 4.69) is 22.4 Å². The SMILES string of the molecule is CN(Cc1c(Cl)cnn1C)C1CCNC1.Cl. The van der Waals surface area contributed by atoms with E-state index in [1.807, 2.05) is 11.7 Å². The average molecular weight is 265 g/mol. The fourth-order valence-corrected chi connectivity index (χ4v) is 2.22. The van der Waals surface area contributed by atoms with Gasteiger partial charge in [-0.2, -0.15) is 5.10 Å². The zero-order valence-electron chi connectivity index (χ0n) is 9.61. The molecule has 0 aliphatic carbocycles. The average Bonchev–Trinajstić information content (AvgIpc) is 2.82. The van der Waals surface area contributed by atoms with Gasteiger partial charge < -0.3 is 5.32 Å². The Kier molecular flexibility index (Phi) is 5.05. The molecule has 2 rings (SSSR count). The summed E-state index contributed by atoms with van der Waals surface area (Å²) >= 11 is 6.07. The Morgan fingerprint density at radius 1 is 1.69 bits per heavy atom. The van der Waals surface area contributed by atoms with Crippen molar-refractivity contribution in [1.29, 1.82) is 0 Å². The van der Waals surface area contributed by atoms with Gasteiger partial charge >= 0.3 is 0 Å². The molecule has 0 saturated carbocycles. The maximum atomic E-state index is 6.07. The molecule has 92 valence electrons. The molecule has 1 unspecified atom stereocenters. The zero-order chi connectivity index (χ0) is 10.8. The van der Waals surface area contributed by atoms with Crippen LogP contribution in [-0.4, -0.2) is 40.9 Å². The summed E-state index contributed by atoms with van der Waals surface area (Å²) < 4.78 is 1.85. The van der Waals surface area contributed by atoms with Gasteiger partial charge in [-0.25, -0.2) is 0 Å². The third-order valence-corrected chi connectivity index (χ3v) is 3.38. The van der Waals surface area contributed by atoms with Crippen molar-refractivity contribution in [2.75, 3.05) is 20.1 Å². The van der Waals surface area contributed by atoms with Gasteiger partial charge in [-0.1, -0.05) is 11.6 Å². The predicted octanol–water partition coefficient (Wildman–Crippen LogP) is 1.29. The third kappa shape index (κ3) is 2.88. The molecule has 2 heterocycles. The molecule has 1 aliphatic heterocycles. The number of halogens is 2. The summed E-state index contributed by atoms with van der Waals surface area (Å²) in [5.74, 6) is 0. The minimum Gasteiger partial charge on any atom is -0.315 e. The third-order valence-electron chi connectivity index (χ3n) is 3.07. The van der Waals surface area contributed by atoms with Gasteiger partial charge in [-0.05, 0) is 20.0 Å². The molecule has 1 aromatic heterocycles. The molecule has 0 aromatic carbocycles. The van der Waals surface area contributed by atoms with Gasteiger partial charge in [0, 0.05) is 26.2 Å². The highest BCUT2D eigenvalue weighted by Crippen LogP contribution is 2.17. The lowest BCUT2D eigenvalue weighted by Crippen LogP contribution is -2.33. The number of nitrogens with zero attached hydrogens (tertiary/aromatic N) is 3. The van der Waals surface area contributed by atoms with Gasteiger partial charge in [0.2, 0.25) is 0 Å². The normalized spacial score (nSPS) is 20.1. The van der Waals surface area contributed by atoms with Crippen molar-refractivity contribution in [3.63, 3.8) is 0 Å². The monoisotopic (exact) mass is 264 g/mol. The Morgan fingerprint density at radius 2 is 2.44 bits per heavy atom. The second-order valence-corrected chi connectivity index (χ2v) is 4.53. The number of hydrogen-bond donors (Lipinski definition) is 1. The summed E-state index contributed by atoms with van der Waals surface area (Å²) in [7, 11) is 4.07. The van der Waals surface area contributed by atoms with Crippen LogP contribution in [0.3, 0.4) is 0 Å². The molecule has 1 aromatic rings. The fraction of sp³-hybridized carbons (Fsp3) is 0.700. The summed E-state index contributed by atoms with van der Waals surface area (Å²) in [6, 6.07) is 0.621. The van der Waals surface area contributed by atoms with E-state index in [9.17, 15) is 0 Å². The summed E-state index contributed by atoms with van der Waals surface area (Å²) in [5.41, 5.74) is 1.09. The number of nitrogens with one attached hydrogen (secondary N) is 1. The molecule has 0 bridgehead atoms.